The highest BCUT2D eigenvalue weighted by atomic mass is 35.5. The Labute approximate surface area is 177 Å². The van der Waals surface area contributed by atoms with E-state index in [-0.39, 0.29) is 24.4 Å². The molecule has 0 aliphatic heterocycles. The van der Waals surface area contributed by atoms with Gasteiger partial charge in [0, 0.05) is 19.2 Å². The lowest BCUT2D eigenvalue weighted by molar-refractivity contribution is -0.116. The number of rotatable bonds is 7. The minimum absolute atomic E-state index is 0.0840. The van der Waals surface area contributed by atoms with Crippen molar-refractivity contribution in [1.29, 1.82) is 0 Å². The molecule has 1 aromatic carbocycles. The van der Waals surface area contributed by atoms with E-state index in [1.165, 1.54) is 17.1 Å². The van der Waals surface area contributed by atoms with E-state index in [0.717, 1.165) is 11.3 Å². The highest BCUT2D eigenvalue weighted by Crippen LogP contribution is 2.25. The maximum absolute atomic E-state index is 12.3. The summed E-state index contributed by atoms with van der Waals surface area (Å²) in [6.07, 6.45) is 2.79. The average Bonchev–Trinajstić information content (AvgIpc) is 3.24. The van der Waals surface area contributed by atoms with Gasteiger partial charge in [-0.2, -0.15) is 10.2 Å². The molecule has 0 aliphatic carbocycles. The van der Waals surface area contributed by atoms with Crippen molar-refractivity contribution in [2.45, 2.75) is 33.4 Å². The molecule has 3 rings (SSSR count). The fraction of sp³-hybridized carbons (Fsp3) is 0.263. The molecule has 8 nitrogen and oxygen atoms in total. The van der Waals surface area contributed by atoms with E-state index in [2.05, 4.69) is 15.5 Å². The second-order valence-electron chi connectivity index (χ2n) is 6.55. The Balaban J connectivity index is 1.65. The zero-order valence-corrected chi connectivity index (χ0v) is 17.3. The maximum Gasteiger partial charge on any atom is 0.338 e. The molecule has 0 saturated heterocycles. The number of hydrogen-bond acceptors (Lipinski definition) is 4. The van der Waals surface area contributed by atoms with E-state index in [9.17, 15) is 9.59 Å². The van der Waals surface area contributed by atoms with Crippen LogP contribution in [0.25, 0.3) is 0 Å². The molecule has 0 aliphatic rings. The maximum atomic E-state index is 12.3. The predicted molar refractivity (Wildman–Crippen MR) is 110 cm³/mol. The van der Waals surface area contributed by atoms with Gasteiger partial charge in [0.15, 0.2) is 0 Å². The van der Waals surface area contributed by atoms with Crippen molar-refractivity contribution >= 4 is 40.8 Å². The van der Waals surface area contributed by atoms with E-state index >= 15 is 0 Å². The second kappa shape index (κ2) is 8.67. The van der Waals surface area contributed by atoms with E-state index < -0.39 is 5.97 Å². The van der Waals surface area contributed by atoms with E-state index in [1.54, 1.807) is 16.8 Å². The minimum Gasteiger partial charge on any atom is -0.478 e. The van der Waals surface area contributed by atoms with Gasteiger partial charge in [-0.3, -0.25) is 14.2 Å². The molecule has 2 aromatic heterocycles. The van der Waals surface area contributed by atoms with Gasteiger partial charge in [0.05, 0.1) is 45.4 Å². The van der Waals surface area contributed by atoms with Gasteiger partial charge in [-0.15, -0.1) is 0 Å². The van der Waals surface area contributed by atoms with Crippen LogP contribution in [-0.4, -0.2) is 36.5 Å². The Bertz CT molecular complexity index is 1070. The number of aromatic nitrogens is 4. The first-order valence-corrected chi connectivity index (χ1v) is 9.53. The van der Waals surface area contributed by atoms with Gasteiger partial charge in [0.25, 0.3) is 0 Å². The first-order valence-electron chi connectivity index (χ1n) is 8.78. The summed E-state index contributed by atoms with van der Waals surface area (Å²) in [5.74, 6) is -1.26. The van der Waals surface area contributed by atoms with Gasteiger partial charge in [-0.1, -0.05) is 29.3 Å². The SMILES string of the molecule is Cc1nn(Cc2ccc(Cl)c(Cl)c2)c(C)c1NC(=O)CCn1cc(C(=O)O)cn1. The molecule has 2 N–H and O–H groups in total. The number of aryl methyl sites for hydroxylation is 2. The van der Waals surface area contributed by atoms with Crippen molar-refractivity contribution < 1.29 is 14.7 Å². The largest absolute Gasteiger partial charge is 0.478 e. The number of nitrogens with zero attached hydrogens (tertiary/aromatic N) is 4. The number of carboxylic acid groups (broad SMARTS) is 1. The highest BCUT2D eigenvalue weighted by molar-refractivity contribution is 6.42. The minimum atomic E-state index is -1.05. The van der Waals surface area contributed by atoms with Crippen molar-refractivity contribution in [2.75, 3.05) is 5.32 Å². The standard InChI is InChI=1S/C19H19Cl2N5O3/c1-11-18(23-17(27)5-6-25-10-14(8-22-25)19(28)29)12(2)26(24-11)9-13-3-4-15(20)16(21)7-13/h3-4,7-8,10H,5-6,9H2,1-2H3,(H,23,27)(H,28,29). The normalized spacial score (nSPS) is 10.9. The van der Waals surface area contributed by atoms with Crippen LogP contribution in [0.3, 0.4) is 0 Å². The third-order valence-corrected chi connectivity index (χ3v) is 5.15. The second-order valence-corrected chi connectivity index (χ2v) is 7.36. The van der Waals surface area contributed by atoms with Gasteiger partial charge in [0.1, 0.15) is 0 Å². The summed E-state index contributed by atoms with van der Waals surface area (Å²) in [5.41, 5.74) is 3.19. The van der Waals surface area contributed by atoms with Gasteiger partial charge in [-0.05, 0) is 31.5 Å². The molecule has 0 fully saturated rings. The summed E-state index contributed by atoms with van der Waals surface area (Å²) < 4.78 is 3.22. The molecule has 29 heavy (non-hydrogen) atoms. The molecule has 0 saturated carbocycles. The summed E-state index contributed by atoms with van der Waals surface area (Å²) in [5, 5.41) is 21.2. The Hall–Kier alpha value is -2.84. The van der Waals surface area contributed by atoms with Crippen LogP contribution in [0.15, 0.2) is 30.6 Å². The summed E-state index contributed by atoms with van der Waals surface area (Å²) in [6.45, 7) is 4.46. The molecular weight excluding hydrogens is 417 g/mol. The molecule has 0 bridgehead atoms. The molecule has 0 atom stereocenters. The number of carbonyl (C=O) groups excluding carboxylic acids is 1. The van der Waals surface area contributed by atoms with Gasteiger partial charge >= 0.3 is 5.97 Å². The zero-order chi connectivity index (χ0) is 21.1. The molecule has 0 radical (unpaired) electrons. The van der Waals surface area contributed by atoms with Crippen LogP contribution in [0.2, 0.25) is 10.0 Å². The van der Waals surface area contributed by atoms with E-state index in [1.807, 2.05) is 19.9 Å². The first-order chi connectivity index (χ1) is 13.7. The number of halogens is 2. The van der Waals surface area contributed by atoms with Gasteiger partial charge in [0.2, 0.25) is 5.91 Å². The van der Waals surface area contributed by atoms with E-state index in [4.69, 9.17) is 28.3 Å². The lowest BCUT2D eigenvalue weighted by Crippen LogP contribution is -2.16. The monoisotopic (exact) mass is 435 g/mol. The molecule has 10 heteroatoms. The Morgan fingerprint density at radius 2 is 1.97 bits per heavy atom. The quantitative estimate of drug-likeness (QED) is 0.587. The predicted octanol–water partition coefficient (Wildman–Crippen LogP) is 3.78. The van der Waals surface area contributed by atoms with Crippen LogP contribution < -0.4 is 5.32 Å². The summed E-state index contributed by atoms with van der Waals surface area (Å²) in [6, 6.07) is 5.39. The van der Waals surface area contributed by atoms with Crippen LogP contribution in [0.4, 0.5) is 5.69 Å². The van der Waals surface area contributed by atoms with E-state index in [0.29, 0.717) is 28.0 Å². The zero-order valence-electron chi connectivity index (χ0n) is 15.8. The van der Waals surface area contributed by atoms with Crippen LogP contribution in [0.5, 0.6) is 0 Å². The lowest BCUT2D eigenvalue weighted by Gasteiger charge is -2.08. The number of amides is 1. The average molecular weight is 436 g/mol. The van der Waals surface area contributed by atoms with Crippen molar-refractivity contribution in [3.63, 3.8) is 0 Å². The molecule has 0 spiro atoms. The van der Waals surface area contributed by atoms with Crippen molar-refractivity contribution in [3.8, 4) is 0 Å². The number of carbonyl (C=O) groups is 2. The molecule has 3 aromatic rings. The third-order valence-electron chi connectivity index (χ3n) is 4.41. The Kier molecular flexibility index (Phi) is 6.24. The third kappa shape index (κ3) is 4.96. The van der Waals surface area contributed by atoms with Crippen molar-refractivity contribution in [1.82, 2.24) is 19.6 Å². The molecule has 152 valence electrons. The Morgan fingerprint density at radius 1 is 1.21 bits per heavy atom. The lowest BCUT2D eigenvalue weighted by atomic mass is 10.2. The number of anilines is 1. The number of nitrogens with one attached hydrogen (secondary N) is 1. The van der Waals surface area contributed by atoms with Crippen LogP contribution in [-0.2, 0) is 17.9 Å². The van der Waals surface area contributed by atoms with Crippen LogP contribution in [0.1, 0.15) is 33.7 Å². The molecule has 0 unspecified atom stereocenters. The highest BCUT2D eigenvalue weighted by Gasteiger charge is 2.15. The summed E-state index contributed by atoms with van der Waals surface area (Å²) >= 11 is 12.0. The number of carboxylic acids is 1. The fourth-order valence-electron chi connectivity index (χ4n) is 2.86. The number of aromatic carboxylic acids is 1. The summed E-state index contributed by atoms with van der Waals surface area (Å²) in [7, 11) is 0. The summed E-state index contributed by atoms with van der Waals surface area (Å²) in [4.78, 5) is 23.2. The van der Waals surface area contributed by atoms with Crippen molar-refractivity contribution in [3.05, 3.63) is 63.2 Å². The number of hydrogen-bond donors (Lipinski definition) is 2. The number of benzene rings is 1. The fourth-order valence-corrected chi connectivity index (χ4v) is 3.18. The van der Waals surface area contributed by atoms with Crippen molar-refractivity contribution in [2.24, 2.45) is 0 Å². The van der Waals surface area contributed by atoms with Gasteiger partial charge in [-0.25, -0.2) is 4.79 Å². The topological polar surface area (TPSA) is 102 Å². The molecular formula is C19H19Cl2N5O3. The molecule has 1 amide bonds. The van der Waals surface area contributed by atoms with Crippen LogP contribution in [0, 0.1) is 13.8 Å². The Morgan fingerprint density at radius 3 is 2.62 bits per heavy atom. The van der Waals surface area contributed by atoms with Gasteiger partial charge < -0.3 is 10.4 Å². The molecule has 2 heterocycles. The first kappa shape index (κ1) is 20.9. The smallest absolute Gasteiger partial charge is 0.338 e. The van der Waals surface area contributed by atoms with Crippen LogP contribution >= 0.6 is 23.2 Å².